The van der Waals surface area contributed by atoms with Gasteiger partial charge in [-0.2, -0.15) is 0 Å². The number of rotatable bonds is 10. The fraction of sp³-hybridized carbons (Fsp3) is 0.464. The number of nitrogens with one attached hydrogen (secondary N) is 1. The van der Waals surface area contributed by atoms with Crippen LogP contribution in [-0.2, 0) is 27.4 Å². The van der Waals surface area contributed by atoms with Crippen LogP contribution in [0.4, 0.5) is 0 Å². The lowest BCUT2D eigenvalue weighted by atomic mass is 10.0. The summed E-state index contributed by atoms with van der Waals surface area (Å²) in [5.74, 6) is 0.512. The predicted molar refractivity (Wildman–Crippen MR) is 139 cm³/mol. The van der Waals surface area contributed by atoms with Crippen LogP contribution in [0, 0.1) is 5.92 Å². The topological polar surface area (TPSA) is 105 Å². The molecule has 0 spiro atoms. The zero-order valence-electron chi connectivity index (χ0n) is 21.5. The highest BCUT2D eigenvalue weighted by molar-refractivity contribution is 5.90. The van der Waals surface area contributed by atoms with Gasteiger partial charge in [0.05, 0.1) is 6.04 Å². The Labute approximate surface area is 213 Å². The second kappa shape index (κ2) is 13.1. The first-order valence-electron chi connectivity index (χ1n) is 12.6. The summed E-state index contributed by atoms with van der Waals surface area (Å²) in [5.41, 5.74) is 8.08. The van der Waals surface area contributed by atoms with Crippen LogP contribution in [0.25, 0.3) is 0 Å². The van der Waals surface area contributed by atoms with Crippen LogP contribution in [-0.4, -0.2) is 65.8 Å². The van der Waals surface area contributed by atoms with E-state index in [1.807, 2.05) is 68.4 Å². The van der Waals surface area contributed by atoms with Crippen molar-refractivity contribution in [1.29, 1.82) is 0 Å². The number of amides is 3. The second-order valence-corrected chi connectivity index (χ2v) is 9.75. The summed E-state index contributed by atoms with van der Waals surface area (Å²) in [4.78, 5) is 41.3. The van der Waals surface area contributed by atoms with Gasteiger partial charge in [-0.05, 0) is 35.6 Å². The van der Waals surface area contributed by atoms with Crippen LogP contribution < -0.4 is 15.8 Å². The minimum absolute atomic E-state index is 0.00110. The van der Waals surface area contributed by atoms with Gasteiger partial charge in [0.2, 0.25) is 17.7 Å². The standard InChI is InChI=1S/C28H38N4O4/c1-20(2)17-25(29)27(34)30-26(28(35)32-15-13-31(14-16-32)21(3)33)18-22-9-11-24(12-10-22)36-19-23-7-5-4-6-8-23/h4-12,20,25-26H,13-19,29H2,1-3H3,(H,30,34). The molecule has 0 saturated carbocycles. The van der Waals surface area contributed by atoms with Gasteiger partial charge < -0.3 is 25.6 Å². The zero-order valence-corrected chi connectivity index (χ0v) is 21.5. The van der Waals surface area contributed by atoms with E-state index in [-0.39, 0.29) is 23.6 Å². The maximum absolute atomic E-state index is 13.4. The first-order chi connectivity index (χ1) is 17.2. The highest BCUT2D eigenvalue weighted by atomic mass is 16.5. The molecule has 0 aliphatic carbocycles. The highest BCUT2D eigenvalue weighted by Gasteiger charge is 2.30. The monoisotopic (exact) mass is 494 g/mol. The number of nitrogens with zero attached hydrogens (tertiary/aromatic N) is 2. The third-order valence-corrected chi connectivity index (χ3v) is 6.32. The number of piperazine rings is 1. The smallest absolute Gasteiger partial charge is 0.245 e. The third kappa shape index (κ3) is 8.09. The molecule has 0 bridgehead atoms. The lowest BCUT2D eigenvalue weighted by Gasteiger charge is -2.36. The number of hydrogen-bond donors (Lipinski definition) is 2. The fourth-order valence-corrected chi connectivity index (χ4v) is 4.25. The quantitative estimate of drug-likeness (QED) is 0.528. The average molecular weight is 495 g/mol. The van der Waals surface area contributed by atoms with Gasteiger partial charge in [-0.15, -0.1) is 0 Å². The molecule has 2 atom stereocenters. The van der Waals surface area contributed by atoms with Gasteiger partial charge in [-0.3, -0.25) is 14.4 Å². The van der Waals surface area contributed by atoms with E-state index in [1.54, 1.807) is 9.80 Å². The number of carbonyl (C=O) groups excluding carboxylic acids is 3. The first kappa shape index (κ1) is 27.2. The normalized spacial score (nSPS) is 15.4. The maximum atomic E-state index is 13.4. The molecule has 8 nitrogen and oxygen atoms in total. The molecule has 1 fully saturated rings. The molecule has 1 saturated heterocycles. The molecule has 0 radical (unpaired) electrons. The molecule has 1 heterocycles. The molecule has 36 heavy (non-hydrogen) atoms. The van der Waals surface area contributed by atoms with E-state index in [9.17, 15) is 14.4 Å². The van der Waals surface area contributed by atoms with Gasteiger partial charge in [0.25, 0.3) is 0 Å². The molecule has 194 valence electrons. The van der Waals surface area contributed by atoms with Crippen LogP contribution in [0.1, 0.15) is 38.3 Å². The van der Waals surface area contributed by atoms with Crippen molar-refractivity contribution >= 4 is 17.7 Å². The number of ether oxygens (including phenoxy) is 1. The van der Waals surface area contributed by atoms with Crippen LogP contribution in [0.2, 0.25) is 0 Å². The summed E-state index contributed by atoms with van der Waals surface area (Å²) in [6, 6.07) is 16.1. The number of hydrogen-bond acceptors (Lipinski definition) is 5. The van der Waals surface area contributed by atoms with Crippen molar-refractivity contribution in [3.05, 3.63) is 65.7 Å². The van der Waals surface area contributed by atoms with Crippen LogP contribution in [0.5, 0.6) is 5.75 Å². The molecular formula is C28H38N4O4. The molecular weight excluding hydrogens is 456 g/mol. The summed E-state index contributed by atoms with van der Waals surface area (Å²) in [7, 11) is 0. The molecule has 3 N–H and O–H groups in total. The Morgan fingerprint density at radius 2 is 1.53 bits per heavy atom. The molecule has 8 heteroatoms. The Balaban J connectivity index is 1.66. The van der Waals surface area contributed by atoms with E-state index in [4.69, 9.17) is 10.5 Å². The number of benzene rings is 2. The van der Waals surface area contributed by atoms with Gasteiger partial charge in [-0.25, -0.2) is 0 Å². The summed E-state index contributed by atoms with van der Waals surface area (Å²) in [6.07, 6.45) is 0.877. The molecule has 0 aromatic heterocycles. The van der Waals surface area contributed by atoms with Crippen LogP contribution in [0.15, 0.2) is 54.6 Å². The van der Waals surface area contributed by atoms with Crippen molar-refractivity contribution in [3.63, 3.8) is 0 Å². The van der Waals surface area contributed by atoms with Gasteiger partial charge in [0.15, 0.2) is 0 Å². The molecule has 2 aromatic rings. The molecule has 3 rings (SSSR count). The molecule has 1 aliphatic heterocycles. The summed E-state index contributed by atoms with van der Waals surface area (Å²) < 4.78 is 5.86. The maximum Gasteiger partial charge on any atom is 0.245 e. The zero-order chi connectivity index (χ0) is 26.1. The van der Waals surface area contributed by atoms with E-state index in [1.165, 1.54) is 6.92 Å². The SMILES string of the molecule is CC(=O)N1CCN(C(=O)C(Cc2ccc(OCc3ccccc3)cc2)NC(=O)C(N)CC(C)C)CC1. The van der Waals surface area contributed by atoms with Crippen molar-refractivity contribution in [2.45, 2.75) is 52.3 Å². The Morgan fingerprint density at radius 3 is 2.11 bits per heavy atom. The summed E-state index contributed by atoms with van der Waals surface area (Å²) in [5, 5.41) is 2.90. The van der Waals surface area contributed by atoms with E-state index in [0.29, 0.717) is 45.6 Å². The predicted octanol–water partition coefficient (Wildman–Crippen LogP) is 2.36. The summed E-state index contributed by atoms with van der Waals surface area (Å²) >= 11 is 0. The molecule has 2 aromatic carbocycles. The van der Waals surface area contributed by atoms with E-state index < -0.39 is 12.1 Å². The van der Waals surface area contributed by atoms with Crippen molar-refractivity contribution in [3.8, 4) is 5.75 Å². The Kier molecular flexibility index (Phi) is 9.87. The second-order valence-electron chi connectivity index (χ2n) is 9.75. The Hall–Kier alpha value is -3.39. The largest absolute Gasteiger partial charge is 0.489 e. The number of nitrogens with two attached hydrogens (primary N) is 1. The minimum Gasteiger partial charge on any atom is -0.489 e. The van der Waals surface area contributed by atoms with Crippen molar-refractivity contribution in [1.82, 2.24) is 15.1 Å². The lowest BCUT2D eigenvalue weighted by Crippen LogP contribution is -2.57. The first-order valence-corrected chi connectivity index (χ1v) is 12.6. The number of carbonyl (C=O) groups is 3. The fourth-order valence-electron chi connectivity index (χ4n) is 4.25. The van der Waals surface area contributed by atoms with Crippen molar-refractivity contribution in [2.75, 3.05) is 26.2 Å². The van der Waals surface area contributed by atoms with Gasteiger partial charge in [-0.1, -0.05) is 56.3 Å². The Morgan fingerprint density at radius 1 is 0.917 bits per heavy atom. The van der Waals surface area contributed by atoms with Crippen LogP contribution in [0.3, 0.4) is 0 Å². The van der Waals surface area contributed by atoms with Crippen LogP contribution >= 0.6 is 0 Å². The summed E-state index contributed by atoms with van der Waals surface area (Å²) in [6.45, 7) is 7.87. The van der Waals surface area contributed by atoms with Gasteiger partial charge >= 0.3 is 0 Å². The van der Waals surface area contributed by atoms with E-state index >= 15 is 0 Å². The van der Waals surface area contributed by atoms with E-state index in [2.05, 4.69) is 5.32 Å². The minimum atomic E-state index is -0.740. The molecule has 1 aliphatic rings. The van der Waals surface area contributed by atoms with Gasteiger partial charge in [0, 0.05) is 39.5 Å². The average Bonchev–Trinajstić information content (AvgIpc) is 2.87. The Bertz CT molecular complexity index is 1000. The highest BCUT2D eigenvalue weighted by Crippen LogP contribution is 2.17. The molecule has 3 amide bonds. The van der Waals surface area contributed by atoms with Crippen molar-refractivity contribution in [2.24, 2.45) is 11.7 Å². The lowest BCUT2D eigenvalue weighted by molar-refractivity contribution is -0.141. The van der Waals surface area contributed by atoms with Gasteiger partial charge in [0.1, 0.15) is 18.4 Å². The third-order valence-electron chi connectivity index (χ3n) is 6.32. The van der Waals surface area contributed by atoms with E-state index in [0.717, 1.165) is 16.9 Å². The van der Waals surface area contributed by atoms with Crippen molar-refractivity contribution < 1.29 is 19.1 Å². The molecule has 2 unspecified atom stereocenters.